The Labute approximate surface area is 203 Å². The maximum atomic E-state index is 12.6. The van der Waals surface area contributed by atoms with E-state index >= 15 is 0 Å². The fraction of sp³-hybridized carbons (Fsp3) is 0.480. The van der Waals surface area contributed by atoms with E-state index in [0.717, 1.165) is 67.3 Å². The van der Waals surface area contributed by atoms with Crippen LogP contribution in [0.4, 0.5) is 0 Å². The normalized spacial score (nSPS) is 19.2. The molecule has 2 unspecified atom stereocenters. The fourth-order valence-electron chi connectivity index (χ4n) is 4.61. The molecule has 34 heavy (non-hydrogen) atoms. The molecule has 2 atom stereocenters. The Balaban J connectivity index is 1.43. The number of nitrogens with one attached hydrogen (secondary N) is 1. The van der Waals surface area contributed by atoms with Gasteiger partial charge in [0.05, 0.1) is 27.3 Å². The van der Waals surface area contributed by atoms with Crippen molar-refractivity contribution in [3.05, 3.63) is 58.7 Å². The van der Waals surface area contributed by atoms with Crippen LogP contribution in [-0.2, 0) is 14.6 Å². The smallest absolute Gasteiger partial charge is 0.181 e. The standard InChI is InChI=1S/C25H30N2O5S2/c28-15-23(29)24-14-26-25(33-24)22-8-7-21(27-22)20(13-16-9-11-32-12-10-16)17-1-3-18(4-2-17)34(30,31)19-5-6-19/h1-4,7-8,14,16,19-20,23,27-29H,5-6,9-13,15H2. The number of aliphatic hydroxyl groups excluding tert-OH is 2. The first-order valence-electron chi connectivity index (χ1n) is 11.8. The van der Waals surface area contributed by atoms with Crippen LogP contribution >= 0.6 is 11.3 Å². The summed E-state index contributed by atoms with van der Waals surface area (Å²) in [6.07, 6.45) is 5.18. The maximum absolute atomic E-state index is 12.6. The third kappa shape index (κ3) is 4.99. The van der Waals surface area contributed by atoms with E-state index in [1.165, 1.54) is 11.3 Å². The molecule has 2 aromatic heterocycles. The molecule has 7 nitrogen and oxygen atoms in total. The first-order valence-corrected chi connectivity index (χ1v) is 14.2. The van der Waals surface area contributed by atoms with Gasteiger partial charge in [0.2, 0.25) is 0 Å². The van der Waals surface area contributed by atoms with Crippen molar-refractivity contribution in [3.63, 3.8) is 0 Å². The summed E-state index contributed by atoms with van der Waals surface area (Å²) in [4.78, 5) is 8.96. The molecule has 1 saturated heterocycles. The van der Waals surface area contributed by atoms with E-state index in [1.807, 2.05) is 18.2 Å². The third-order valence-corrected chi connectivity index (χ3v) is 10.2. The van der Waals surface area contributed by atoms with Gasteiger partial charge in [-0.3, -0.25) is 0 Å². The number of aromatic amines is 1. The molecule has 1 aliphatic heterocycles. The second-order valence-electron chi connectivity index (χ2n) is 9.25. The van der Waals surface area contributed by atoms with Crippen molar-refractivity contribution in [1.82, 2.24) is 9.97 Å². The Morgan fingerprint density at radius 2 is 1.82 bits per heavy atom. The van der Waals surface area contributed by atoms with Gasteiger partial charge in [0.1, 0.15) is 11.1 Å². The molecule has 1 aromatic carbocycles. The van der Waals surface area contributed by atoms with E-state index < -0.39 is 15.9 Å². The Bertz CT molecular complexity index is 1210. The average Bonchev–Trinajstić information content (AvgIpc) is 3.43. The highest BCUT2D eigenvalue weighted by Crippen LogP contribution is 2.38. The summed E-state index contributed by atoms with van der Waals surface area (Å²) >= 11 is 1.35. The van der Waals surface area contributed by atoms with Crippen molar-refractivity contribution < 1.29 is 23.4 Å². The Morgan fingerprint density at radius 3 is 2.50 bits per heavy atom. The van der Waals surface area contributed by atoms with Crippen LogP contribution in [0.15, 0.2) is 47.5 Å². The van der Waals surface area contributed by atoms with Gasteiger partial charge in [-0.05, 0) is 67.9 Å². The monoisotopic (exact) mass is 502 g/mol. The van der Waals surface area contributed by atoms with Crippen molar-refractivity contribution in [2.45, 2.75) is 54.3 Å². The van der Waals surface area contributed by atoms with Crippen molar-refractivity contribution in [2.75, 3.05) is 19.8 Å². The second kappa shape index (κ2) is 9.91. The van der Waals surface area contributed by atoms with Crippen LogP contribution < -0.4 is 0 Å². The summed E-state index contributed by atoms with van der Waals surface area (Å²) in [6.45, 7) is 1.22. The number of thiazole rings is 1. The van der Waals surface area contributed by atoms with Gasteiger partial charge in [0.15, 0.2) is 9.84 Å². The predicted molar refractivity (Wildman–Crippen MR) is 131 cm³/mol. The third-order valence-electron chi connectivity index (χ3n) is 6.82. The number of H-pyrrole nitrogens is 1. The minimum Gasteiger partial charge on any atom is -0.393 e. The molecule has 0 spiro atoms. The van der Waals surface area contributed by atoms with E-state index in [2.05, 4.69) is 16.0 Å². The summed E-state index contributed by atoms with van der Waals surface area (Å²) in [7, 11) is -3.21. The highest BCUT2D eigenvalue weighted by atomic mass is 32.2. The number of aliphatic hydroxyl groups is 2. The number of rotatable bonds is 9. The molecule has 0 radical (unpaired) electrons. The minimum absolute atomic E-state index is 0.0944. The molecule has 3 aromatic rings. The zero-order valence-corrected chi connectivity index (χ0v) is 20.5. The zero-order valence-electron chi connectivity index (χ0n) is 18.9. The number of ether oxygens (including phenoxy) is 1. The first-order chi connectivity index (χ1) is 16.5. The quantitative estimate of drug-likeness (QED) is 0.407. The van der Waals surface area contributed by atoms with Crippen molar-refractivity contribution in [2.24, 2.45) is 5.92 Å². The molecule has 1 aliphatic carbocycles. The van der Waals surface area contributed by atoms with Crippen LogP contribution in [0.5, 0.6) is 0 Å². The summed E-state index contributed by atoms with van der Waals surface area (Å²) in [5.74, 6) is 0.628. The number of hydrogen-bond donors (Lipinski definition) is 3. The zero-order chi connectivity index (χ0) is 23.7. The van der Waals surface area contributed by atoms with Gasteiger partial charge in [-0.15, -0.1) is 11.3 Å². The Morgan fingerprint density at radius 1 is 1.09 bits per heavy atom. The number of sulfone groups is 1. The Kier molecular flexibility index (Phi) is 6.90. The number of aromatic nitrogens is 2. The predicted octanol–water partition coefficient (Wildman–Crippen LogP) is 4.05. The second-order valence-corrected chi connectivity index (χ2v) is 12.5. The van der Waals surface area contributed by atoms with E-state index in [4.69, 9.17) is 4.74 Å². The molecule has 182 valence electrons. The van der Waals surface area contributed by atoms with Crippen molar-refractivity contribution in [1.29, 1.82) is 0 Å². The van der Waals surface area contributed by atoms with Crippen LogP contribution in [0.3, 0.4) is 0 Å². The van der Waals surface area contributed by atoms with Gasteiger partial charge >= 0.3 is 0 Å². The van der Waals surface area contributed by atoms with Crippen LogP contribution in [0.2, 0.25) is 0 Å². The summed E-state index contributed by atoms with van der Waals surface area (Å²) in [6, 6.07) is 11.5. The molecular weight excluding hydrogens is 472 g/mol. The summed E-state index contributed by atoms with van der Waals surface area (Å²) in [5.41, 5.74) is 3.00. The lowest BCUT2D eigenvalue weighted by atomic mass is 9.83. The first kappa shape index (κ1) is 23.7. The molecule has 9 heteroatoms. The number of hydrogen-bond acceptors (Lipinski definition) is 7. The van der Waals surface area contributed by atoms with Gasteiger partial charge < -0.3 is 19.9 Å². The molecule has 0 bridgehead atoms. The van der Waals surface area contributed by atoms with Crippen molar-refractivity contribution in [3.8, 4) is 10.7 Å². The number of nitrogens with zero attached hydrogens (tertiary/aromatic N) is 1. The molecule has 0 amide bonds. The lowest BCUT2D eigenvalue weighted by molar-refractivity contribution is 0.0626. The molecular formula is C25H30N2O5S2. The van der Waals surface area contributed by atoms with Gasteiger partial charge in [-0.1, -0.05) is 12.1 Å². The fourth-order valence-corrected chi connectivity index (χ4v) is 7.14. The SMILES string of the molecule is O=S(=O)(c1ccc(C(CC2CCOCC2)c2ccc(-c3ncc(C(O)CO)s3)[nH]2)cc1)C1CC1. The lowest BCUT2D eigenvalue weighted by Gasteiger charge is -2.27. The van der Waals surface area contributed by atoms with E-state index in [9.17, 15) is 18.6 Å². The largest absolute Gasteiger partial charge is 0.393 e. The van der Waals surface area contributed by atoms with Crippen LogP contribution in [0.1, 0.15) is 60.3 Å². The summed E-state index contributed by atoms with van der Waals surface area (Å²) < 4.78 is 30.8. The van der Waals surface area contributed by atoms with E-state index in [0.29, 0.717) is 15.7 Å². The van der Waals surface area contributed by atoms with Gasteiger partial charge in [0.25, 0.3) is 0 Å². The molecule has 5 rings (SSSR count). The minimum atomic E-state index is -3.21. The highest BCUT2D eigenvalue weighted by Gasteiger charge is 2.37. The van der Waals surface area contributed by atoms with Crippen LogP contribution in [-0.4, -0.2) is 53.7 Å². The van der Waals surface area contributed by atoms with Crippen LogP contribution in [0, 0.1) is 5.92 Å². The topological polar surface area (TPSA) is 113 Å². The average molecular weight is 503 g/mol. The van der Waals surface area contributed by atoms with Crippen LogP contribution in [0.25, 0.3) is 10.7 Å². The molecule has 2 fully saturated rings. The molecule has 3 N–H and O–H groups in total. The van der Waals surface area contributed by atoms with Gasteiger partial charge in [0, 0.05) is 31.0 Å². The lowest BCUT2D eigenvalue weighted by Crippen LogP contribution is -2.19. The maximum Gasteiger partial charge on any atom is 0.181 e. The molecule has 3 heterocycles. The highest BCUT2D eigenvalue weighted by molar-refractivity contribution is 7.92. The molecule has 2 aliphatic rings. The van der Waals surface area contributed by atoms with Gasteiger partial charge in [-0.25, -0.2) is 13.4 Å². The summed E-state index contributed by atoms with van der Waals surface area (Å²) in [5, 5.41) is 19.6. The number of benzene rings is 1. The van der Waals surface area contributed by atoms with Crippen molar-refractivity contribution >= 4 is 21.2 Å². The van der Waals surface area contributed by atoms with E-state index in [1.54, 1.807) is 18.3 Å². The van der Waals surface area contributed by atoms with E-state index in [-0.39, 0.29) is 17.8 Å². The Hall–Kier alpha value is -2.04. The van der Waals surface area contributed by atoms with Gasteiger partial charge in [-0.2, -0.15) is 0 Å². The molecule has 1 saturated carbocycles.